The Morgan fingerprint density at radius 2 is 1.88 bits per heavy atom. The molecule has 0 amide bonds. The molecule has 3 rings (SSSR count). The van der Waals surface area contributed by atoms with Gasteiger partial charge in [-0.15, -0.1) is 10.2 Å². The van der Waals surface area contributed by atoms with E-state index in [1.54, 1.807) is 23.0 Å². The number of benzene rings is 2. The lowest BCUT2D eigenvalue weighted by Crippen LogP contribution is -2.04. The van der Waals surface area contributed by atoms with Gasteiger partial charge >= 0.3 is 0 Å². The molecule has 24 heavy (non-hydrogen) atoms. The fourth-order valence-electron chi connectivity index (χ4n) is 1.97. The molecule has 0 saturated carbocycles. The smallest absolute Gasteiger partial charge is 0.211 e. The lowest BCUT2D eigenvalue weighted by Gasteiger charge is -2.06. The van der Waals surface area contributed by atoms with Crippen LogP contribution in [0.25, 0.3) is 0 Å². The van der Waals surface area contributed by atoms with E-state index in [0.29, 0.717) is 11.0 Å². The molecule has 0 bridgehead atoms. The number of ether oxygens (including phenoxy) is 1. The number of hydrogen-bond donors (Lipinski definition) is 0. The van der Waals surface area contributed by atoms with E-state index in [0.717, 1.165) is 11.3 Å². The predicted molar refractivity (Wildman–Crippen MR) is 92.0 cm³/mol. The van der Waals surface area contributed by atoms with Crippen molar-refractivity contribution in [2.24, 2.45) is 5.10 Å². The molecular formula is C17H15FN4OS. The fraction of sp³-hybridized carbons (Fsp3) is 0.118. The Bertz CT molecular complexity index is 818. The maximum atomic E-state index is 13.0. The highest BCUT2D eigenvalue weighted by molar-refractivity contribution is 7.98. The quantitative estimate of drug-likeness (QED) is 0.507. The summed E-state index contributed by atoms with van der Waals surface area (Å²) in [6.07, 6.45) is 3.53. The minimum Gasteiger partial charge on any atom is -0.486 e. The van der Waals surface area contributed by atoms with Crippen molar-refractivity contribution in [2.45, 2.75) is 11.8 Å². The third-order valence-corrected chi connectivity index (χ3v) is 3.78. The lowest BCUT2D eigenvalue weighted by molar-refractivity contribution is 0.290. The fourth-order valence-corrected chi connectivity index (χ4v) is 2.41. The zero-order valence-corrected chi connectivity index (χ0v) is 13.8. The van der Waals surface area contributed by atoms with Gasteiger partial charge in [-0.25, -0.2) is 4.39 Å². The first kappa shape index (κ1) is 16.2. The Labute approximate surface area is 143 Å². The summed E-state index contributed by atoms with van der Waals surface area (Å²) in [4.78, 5) is 0. The van der Waals surface area contributed by atoms with Crippen LogP contribution in [0.15, 0.2) is 64.9 Å². The monoisotopic (exact) mass is 342 g/mol. The van der Waals surface area contributed by atoms with Crippen molar-refractivity contribution >= 4 is 18.0 Å². The van der Waals surface area contributed by atoms with E-state index < -0.39 is 0 Å². The minimum absolute atomic E-state index is 0.248. The first-order valence-corrected chi connectivity index (χ1v) is 8.45. The minimum atomic E-state index is -0.279. The highest BCUT2D eigenvalue weighted by Crippen LogP contribution is 2.16. The molecule has 7 heteroatoms. The van der Waals surface area contributed by atoms with Crippen LogP contribution in [0.1, 0.15) is 11.4 Å². The zero-order chi connectivity index (χ0) is 16.8. The molecule has 122 valence electrons. The molecular weight excluding hydrogens is 327 g/mol. The first-order chi connectivity index (χ1) is 11.8. The van der Waals surface area contributed by atoms with Crippen LogP contribution in [0, 0.1) is 5.82 Å². The maximum Gasteiger partial charge on any atom is 0.211 e. The van der Waals surface area contributed by atoms with Crippen molar-refractivity contribution < 1.29 is 9.13 Å². The van der Waals surface area contributed by atoms with Crippen molar-refractivity contribution in [2.75, 3.05) is 6.26 Å². The molecule has 0 saturated heterocycles. The summed E-state index contributed by atoms with van der Waals surface area (Å²) in [5.74, 6) is 1.06. The van der Waals surface area contributed by atoms with Crippen LogP contribution < -0.4 is 4.74 Å². The molecule has 0 aliphatic carbocycles. The molecule has 1 aromatic heterocycles. The van der Waals surface area contributed by atoms with E-state index in [1.165, 1.54) is 23.9 Å². The molecule has 0 radical (unpaired) electrons. The predicted octanol–water partition coefficient (Wildman–Crippen LogP) is 3.60. The van der Waals surface area contributed by atoms with Crippen molar-refractivity contribution in [3.8, 4) is 5.75 Å². The van der Waals surface area contributed by atoms with Gasteiger partial charge in [0, 0.05) is 0 Å². The highest BCUT2D eigenvalue weighted by Gasteiger charge is 2.11. The Morgan fingerprint density at radius 1 is 1.12 bits per heavy atom. The van der Waals surface area contributed by atoms with Crippen LogP contribution in [0.5, 0.6) is 5.75 Å². The third kappa shape index (κ3) is 3.99. The average molecular weight is 342 g/mol. The van der Waals surface area contributed by atoms with Gasteiger partial charge in [0.05, 0.1) is 6.21 Å². The van der Waals surface area contributed by atoms with Crippen molar-refractivity contribution in [3.63, 3.8) is 0 Å². The third-order valence-electron chi connectivity index (χ3n) is 3.16. The first-order valence-electron chi connectivity index (χ1n) is 7.22. The van der Waals surface area contributed by atoms with Gasteiger partial charge in [-0.3, -0.25) is 0 Å². The SMILES string of the molecule is CSc1nnc(COc2ccccc2)n1/N=C\c1ccc(F)cc1. The Morgan fingerprint density at radius 3 is 2.58 bits per heavy atom. The number of hydrogen-bond acceptors (Lipinski definition) is 5. The Hall–Kier alpha value is -2.67. The summed E-state index contributed by atoms with van der Waals surface area (Å²) >= 11 is 1.44. The van der Waals surface area contributed by atoms with Crippen LogP contribution in [0.2, 0.25) is 0 Å². The zero-order valence-electron chi connectivity index (χ0n) is 13.0. The van der Waals surface area contributed by atoms with Crippen LogP contribution in [-0.4, -0.2) is 27.3 Å². The molecule has 2 aromatic carbocycles. The van der Waals surface area contributed by atoms with E-state index >= 15 is 0 Å². The number of para-hydroxylation sites is 1. The van der Waals surface area contributed by atoms with Gasteiger partial charge in [0.15, 0.2) is 5.82 Å². The highest BCUT2D eigenvalue weighted by atomic mass is 32.2. The Balaban J connectivity index is 1.78. The standard InChI is InChI=1S/C17H15FN4OS/c1-24-17-21-20-16(12-23-15-5-3-2-4-6-15)22(17)19-11-13-7-9-14(18)10-8-13/h2-11H,12H2,1H3/b19-11-. The summed E-state index contributed by atoms with van der Waals surface area (Å²) in [7, 11) is 0. The van der Waals surface area contributed by atoms with Crippen molar-refractivity contribution in [1.29, 1.82) is 0 Å². The van der Waals surface area contributed by atoms with E-state index in [9.17, 15) is 4.39 Å². The van der Waals surface area contributed by atoms with Crippen LogP contribution in [-0.2, 0) is 6.61 Å². The van der Waals surface area contributed by atoms with Crippen LogP contribution in [0.3, 0.4) is 0 Å². The lowest BCUT2D eigenvalue weighted by atomic mass is 10.2. The molecule has 1 heterocycles. The van der Waals surface area contributed by atoms with Crippen LogP contribution in [0.4, 0.5) is 4.39 Å². The molecule has 0 N–H and O–H groups in total. The van der Waals surface area contributed by atoms with Crippen molar-refractivity contribution in [1.82, 2.24) is 14.9 Å². The van der Waals surface area contributed by atoms with Gasteiger partial charge < -0.3 is 4.74 Å². The number of aromatic nitrogens is 3. The summed E-state index contributed by atoms with van der Waals surface area (Å²) in [6.45, 7) is 0.248. The molecule has 0 aliphatic rings. The van der Waals surface area contributed by atoms with Crippen molar-refractivity contribution in [3.05, 3.63) is 71.8 Å². The maximum absolute atomic E-state index is 13.0. The van der Waals surface area contributed by atoms with E-state index in [-0.39, 0.29) is 12.4 Å². The second kappa shape index (κ2) is 7.74. The molecule has 0 atom stereocenters. The summed E-state index contributed by atoms with van der Waals surface area (Å²) in [5, 5.41) is 13.3. The van der Waals surface area contributed by atoms with Gasteiger partial charge in [0.1, 0.15) is 18.2 Å². The number of halogens is 1. The normalized spacial score (nSPS) is 11.1. The largest absolute Gasteiger partial charge is 0.486 e. The topological polar surface area (TPSA) is 52.3 Å². The van der Waals surface area contributed by atoms with E-state index in [2.05, 4.69) is 15.3 Å². The number of rotatable bonds is 6. The van der Waals surface area contributed by atoms with E-state index in [4.69, 9.17) is 4.74 Å². The molecule has 0 fully saturated rings. The van der Waals surface area contributed by atoms with Crippen LogP contribution >= 0.6 is 11.8 Å². The molecule has 0 unspecified atom stereocenters. The second-order valence-electron chi connectivity index (χ2n) is 4.81. The second-order valence-corrected chi connectivity index (χ2v) is 5.59. The summed E-state index contributed by atoms with van der Waals surface area (Å²) in [6, 6.07) is 15.6. The van der Waals surface area contributed by atoms with Gasteiger partial charge in [-0.2, -0.15) is 9.78 Å². The number of thioether (sulfide) groups is 1. The number of nitrogens with zero attached hydrogens (tertiary/aromatic N) is 4. The molecule has 3 aromatic rings. The molecule has 0 spiro atoms. The van der Waals surface area contributed by atoms with Gasteiger partial charge in [0.2, 0.25) is 5.16 Å². The van der Waals surface area contributed by atoms with E-state index in [1.807, 2.05) is 36.6 Å². The van der Waals surface area contributed by atoms with Gasteiger partial charge in [-0.1, -0.05) is 42.1 Å². The molecule has 0 aliphatic heterocycles. The average Bonchev–Trinajstić information content (AvgIpc) is 3.02. The molecule has 5 nitrogen and oxygen atoms in total. The summed E-state index contributed by atoms with van der Waals surface area (Å²) < 4.78 is 20.3. The summed E-state index contributed by atoms with van der Waals surface area (Å²) in [5.41, 5.74) is 0.784. The Kier molecular flexibility index (Phi) is 5.22. The van der Waals surface area contributed by atoms with Gasteiger partial charge in [0.25, 0.3) is 0 Å². The van der Waals surface area contributed by atoms with Gasteiger partial charge in [-0.05, 0) is 36.1 Å².